The maximum atomic E-state index is 13.3. The summed E-state index contributed by atoms with van der Waals surface area (Å²) in [5, 5.41) is 19.1. The molecule has 34 heavy (non-hydrogen) atoms. The van der Waals surface area contributed by atoms with Crippen molar-refractivity contribution in [3.05, 3.63) is 88.5 Å². The molecule has 3 aromatic carbocycles. The first kappa shape index (κ1) is 22.9. The molecule has 2 amide bonds. The van der Waals surface area contributed by atoms with Crippen LogP contribution >= 0.6 is 0 Å². The lowest BCUT2D eigenvalue weighted by molar-refractivity contribution is -0.385. The van der Waals surface area contributed by atoms with Gasteiger partial charge in [0.05, 0.1) is 21.2 Å². The van der Waals surface area contributed by atoms with E-state index in [0.29, 0.717) is 5.56 Å². The molecule has 1 aliphatic rings. The maximum absolute atomic E-state index is 13.3. The molecule has 3 aromatic rings. The molecule has 1 unspecified atom stereocenters. The molecule has 4 rings (SSSR count). The minimum absolute atomic E-state index is 0.0720. The van der Waals surface area contributed by atoms with Crippen LogP contribution in [0.15, 0.2) is 77.7 Å². The zero-order valence-electron chi connectivity index (χ0n) is 17.5. The molecule has 0 aromatic heterocycles. The fraction of sp³-hybridized carbons (Fsp3) is 0.0909. The second kappa shape index (κ2) is 8.92. The van der Waals surface area contributed by atoms with E-state index in [0.717, 1.165) is 6.07 Å². The lowest BCUT2D eigenvalue weighted by Crippen LogP contribution is -2.47. The third-order valence-corrected chi connectivity index (χ3v) is 6.03. The number of para-hydroxylation sites is 2. The summed E-state index contributed by atoms with van der Waals surface area (Å²) in [5.41, 5.74) is 0.476. The van der Waals surface area contributed by atoms with Crippen molar-refractivity contribution in [3.63, 3.8) is 0 Å². The van der Waals surface area contributed by atoms with Crippen LogP contribution in [-0.2, 0) is 19.6 Å². The summed E-state index contributed by atoms with van der Waals surface area (Å²) in [6.07, 6.45) is 0. The van der Waals surface area contributed by atoms with Crippen molar-refractivity contribution in [2.24, 2.45) is 5.14 Å². The molecule has 0 saturated carbocycles. The van der Waals surface area contributed by atoms with E-state index in [1.807, 2.05) is 0 Å². The highest BCUT2D eigenvalue weighted by molar-refractivity contribution is 7.89. The number of hydrogen-bond acceptors (Lipinski definition) is 7. The number of amides is 2. The van der Waals surface area contributed by atoms with E-state index in [1.165, 1.54) is 41.3 Å². The summed E-state index contributed by atoms with van der Waals surface area (Å²) in [7, 11) is -4.06. The zero-order chi connectivity index (χ0) is 24.5. The first-order chi connectivity index (χ1) is 16.2. The lowest BCUT2D eigenvalue weighted by Gasteiger charge is -2.36. The number of carbonyl (C=O) groups excluding carboxylic acids is 2. The number of nitro benzene ring substituents is 1. The number of rotatable bonds is 6. The first-order valence-electron chi connectivity index (χ1n) is 9.88. The number of nitro groups is 1. The Bertz CT molecular complexity index is 1390. The van der Waals surface area contributed by atoms with Gasteiger partial charge in [-0.25, -0.2) is 13.6 Å². The minimum atomic E-state index is -4.06. The number of sulfonamides is 1. The number of anilines is 2. The van der Waals surface area contributed by atoms with Crippen molar-refractivity contribution < 1.29 is 27.7 Å². The fourth-order valence-electron chi connectivity index (χ4n) is 3.61. The number of benzene rings is 3. The average molecular weight is 482 g/mol. The molecule has 174 valence electrons. The van der Waals surface area contributed by atoms with Crippen LogP contribution in [0.3, 0.4) is 0 Å². The molecular weight excluding hydrogens is 464 g/mol. The van der Waals surface area contributed by atoms with Gasteiger partial charge in [-0.05, 0) is 29.8 Å². The van der Waals surface area contributed by atoms with Crippen LogP contribution < -0.4 is 20.1 Å². The van der Waals surface area contributed by atoms with Crippen LogP contribution in [0.25, 0.3) is 0 Å². The van der Waals surface area contributed by atoms with Crippen LogP contribution in [0, 0.1) is 10.1 Å². The van der Waals surface area contributed by atoms with Crippen LogP contribution in [-0.4, -0.2) is 31.8 Å². The van der Waals surface area contributed by atoms with Gasteiger partial charge in [-0.1, -0.05) is 42.5 Å². The quantitative estimate of drug-likeness (QED) is 0.402. The van der Waals surface area contributed by atoms with Crippen molar-refractivity contribution in [1.82, 2.24) is 0 Å². The molecule has 0 radical (unpaired) electrons. The zero-order valence-corrected chi connectivity index (χ0v) is 18.3. The predicted molar refractivity (Wildman–Crippen MR) is 122 cm³/mol. The van der Waals surface area contributed by atoms with E-state index < -0.39 is 39.4 Å². The standard InChI is InChI=1S/C22H18N4O7S/c23-34(31,32)15-10-11-17-16(12-15)24-22(28)21(14-6-2-1-3-7-14)25(17)20(27)13-33-19-9-5-4-8-18(19)26(29)30/h1-12,21H,13H2,(H,24,28)(H2,23,31,32). The number of nitrogens with zero attached hydrogens (tertiary/aromatic N) is 2. The number of nitrogens with one attached hydrogen (secondary N) is 1. The van der Waals surface area contributed by atoms with Crippen LogP contribution in [0.1, 0.15) is 11.6 Å². The molecule has 12 heteroatoms. The predicted octanol–water partition coefficient (Wildman–Crippen LogP) is 2.35. The van der Waals surface area contributed by atoms with Gasteiger partial charge in [0.1, 0.15) is 6.04 Å². The number of hydrogen-bond donors (Lipinski definition) is 2. The number of fused-ring (bicyclic) bond motifs is 1. The van der Waals surface area contributed by atoms with Gasteiger partial charge in [0.2, 0.25) is 10.0 Å². The van der Waals surface area contributed by atoms with Gasteiger partial charge in [0, 0.05) is 6.07 Å². The van der Waals surface area contributed by atoms with E-state index in [9.17, 15) is 28.1 Å². The van der Waals surface area contributed by atoms with Crippen LogP contribution in [0.4, 0.5) is 17.1 Å². The summed E-state index contributed by atoms with van der Waals surface area (Å²) in [6.45, 7) is -0.613. The molecule has 0 spiro atoms. The van der Waals surface area contributed by atoms with Gasteiger partial charge in [-0.15, -0.1) is 0 Å². The Hall–Kier alpha value is -4.29. The second-order valence-electron chi connectivity index (χ2n) is 7.30. The summed E-state index contributed by atoms with van der Waals surface area (Å²) in [4.78, 5) is 37.9. The van der Waals surface area contributed by atoms with Crippen LogP contribution in [0.2, 0.25) is 0 Å². The molecule has 1 atom stereocenters. The Balaban J connectivity index is 1.74. The largest absolute Gasteiger partial charge is 0.477 e. The summed E-state index contributed by atoms with van der Waals surface area (Å²) in [5.74, 6) is -1.36. The molecular formula is C22H18N4O7S. The van der Waals surface area contributed by atoms with Crippen LogP contribution in [0.5, 0.6) is 5.75 Å². The van der Waals surface area contributed by atoms with E-state index in [2.05, 4.69) is 5.32 Å². The average Bonchev–Trinajstić information content (AvgIpc) is 2.81. The lowest BCUT2D eigenvalue weighted by atomic mass is 10.00. The summed E-state index contributed by atoms with van der Waals surface area (Å²) in [6, 6.07) is 16.7. The van der Waals surface area contributed by atoms with Gasteiger partial charge in [0.15, 0.2) is 12.4 Å². The van der Waals surface area contributed by atoms with Gasteiger partial charge < -0.3 is 10.1 Å². The number of nitrogens with two attached hydrogens (primary N) is 1. The molecule has 11 nitrogen and oxygen atoms in total. The minimum Gasteiger partial charge on any atom is -0.477 e. The molecule has 1 aliphatic heterocycles. The third kappa shape index (κ3) is 4.44. The highest BCUT2D eigenvalue weighted by Crippen LogP contribution is 2.39. The molecule has 0 saturated heterocycles. The van der Waals surface area contributed by atoms with Crippen molar-refractivity contribution in [2.45, 2.75) is 10.9 Å². The monoisotopic (exact) mass is 482 g/mol. The van der Waals surface area contributed by atoms with Crippen molar-refractivity contribution in [3.8, 4) is 5.75 Å². The van der Waals surface area contributed by atoms with Gasteiger partial charge >= 0.3 is 5.69 Å². The Labute approximate surface area is 193 Å². The number of ether oxygens (including phenoxy) is 1. The van der Waals surface area contributed by atoms with E-state index in [4.69, 9.17) is 9.88 Å². The van der Waals surface area contributed by atoms with Gasteiger partial charge in [-0.2, -0.15) is 0 Å². The van der Waals surface area contributed by atoms with E-state index in [-0.39, 0.29) is 27.7 Å². The normalized spacial score (nSPS) is 15.3. The topological polar surface area (TPSA) is 162 Å². The molecule has 3 N–H and O–H groups in total. The Morgan fingerprint density at radius 2 is 1.76 bits per heavy atom. The Morgan fingerprint density at radius 1 is 1.09 bits per heavy atom. The van der Waals surface area contributed by atoms with Gasteiger partial charge in [-0.3, -0.25) is 24.6 Å². The highest BCUT2D eigenvalue weighted by Gasteiger charge is 2.38. The number of primary sulfonamides is 1. The maximum Gasteiger partial charge on any atom is 0.310 e. The summed E-state index contributed by atoms with van der Waals surface area (Å²) < 4.78 is 29.0. The smallest absolute Gasteiger partial charge is 0.310 e. The molecule has 0 fully saturated rings. The second-order valence-corrected chi connectivity index (χ2v) is 8.87. The van der Waals surface area contributed by atoms with Crippen molar-refractivity contribution in [2.75, 3.05) is 16.8 Å². The molecule has 1 heterocycles. The Morgan fingerprint density at radius 3 is 2.44 bits per heavy atom. The summed E-state index contributed by atoms with van der Waals surface area (Å²) >= 11 is 0. The first-order valence-corrected chi connectivity index (χ1v) is 11.4. The van der Waals surface area contributed by atoms with Crippen molar-refractivity contribution in [1.29, 1.82) is 0 Å². The highest BCUT2D eigenvalue weighted by atomic mass is 32.2. The third-order valence-electron chi connectivity index (χ3n) is 5.12. The Kier molecular flexibility index (Phi) is 6.01. The molecule has 0 aliphatic carbocycles. The van der Waals surface area contributed by atoms with Gasteiger partial charge in [0.25, 0.3) is 11.8 Å². The van der Waals surface area contributed by atoms with Crippen molar-refractivity contribution >= 4 is 38.9 Å². The SMILES string of the molecule is NS(=O)(=O)c1ccc2c(c1)NC(=O)C(c1ccccc1)N2C(=O)COc1ccccc1[N+](=O)[O-]. The fourth-order valence-corrected chi connectivity index (χ4v) is 4.15. The van der Waals surface area contributed by atoms with E-state index >= 15 is 0 Å². The number of carbonyl (C=O) groups is 2. The molecule has 0 bridgehead atoms. The van der Waals surface area contributed by atoms with E-state index in [1.54, 1.807) is 30.3 Å².